The van der Waals surface area contributed by atoms with Crippen LogP contribution < -0.4 is 0 Å². The molecule has 1 aromatic heterocycles. The van der Waals surface area contributed by atoms with Crippen molar-refractivity contribution in [1.82, 2.24) is 9.97 Å². The first-order valence-corrected chi connectivity index (χ1v) is 7.19. The quantitative estimate of drug-likeness (QED) is 0.624. The van der Waals surface area contributed by atoms with Crippen LogP contribution in [0.5, 0.6) is 0 Å². The highest BCUT2D eigenvalue weighted by Gasteiger charge is 2.25. The Kier molecular flexibility index (Phi) is 4.82. The maximum absolute atomic E-state index is 12.4. The number of ether oxygens (including phenoxy) is 1. The van der Waals surface area contributed by atoms with E-state index in [9.17, 15) is 9.59 Å². The molecule has 0 saturated heterocycles. The third-order valence-corrected chi connectivity index (χ3v) is 3.54. The number of carbonyl (C=O) groups is 2. The zero-order chi connectivity index (χ0) is 14.5. The van der Waals surface area contributed by atoms with E-state index < -0.39 is 5.97 Å². The number of rotatable bonds is 4. The third-order valence-electron chi connectivity index (χ3n) is 3.54. The van der Waals surface area contributed by atoms with Crippen LogP contribution in [0, 0.1) is 12.8 Å². The summed E-state index contributed by atoms with van der Waals surface area (Å²) < 4.78 is 4.89. The van der Waals surface area contributed by atoms with Gasteiger partial charge in [-0.2, -0.15) is 0 Å². The van der Waals surface area contributed by atoms with Crippen molar-refractivity contribution in [1.29, 1.82) is 0 Å². The van der Waals surface area contributed by atoms with Gasteiger partial charge < -0.3 is 4.74 Å². The maximum Gasteiger partial charge on any atom is 0.376 e. The zero-order valence-corrected chi connectivity index (χ0v) is 12.0. The lowest BCUT2D eigenvalue weighted by Crippen LogP contribution is -2.21. The fraction of sp³-hybridized carbons (Fsp3) is 0.600. The van der Waals surface area contributed by atoms with E-state index in [1.807, 2.05) is 0 Å². The van der Waals surface area contributed by atoms with Gasteiger partial charge in [0.05, 0.1) is 6.61 Å². The molecular formula is C15H20N2O3. The molecule has 0 atom stereocenters. The number of nitrogens with zero attached hydrogens (tertiary/aromatic N) is 2. The Morgan fingerprint density at radius 2 is 1.95 bits per heavy atom. The molecule has 1 aromatic rings. The molecule has 0 bridgehead atoms. The summed E-state index contributed by atoms with van der Waals surface area (Å²) in [5.41, 5.74) is 0.953. The van der Waals surface area contributed by atoms with Gasteiger partial charge in [-0.3, -0.25) is 4.79 Å². The Labute approximate surface area is 118 Å². The molecule has 108 valence electrons. The number of hydrogen-bond acceptors (Lipinski definition) is 5. The van der Waals surface area contributed by atoms with E-state index in [0.29, 0.717) is 11.4 Å². The van der Waals surface area contributed by atoms with Crippen LogP contribution in [-0.4, -0.2) is 28.3 Å². The van der Waals surface area contributed by atoms with E-state index in [0.717, 1.165) is 25.7 Å². The van der Waals surface area contributed by atoms with Crippen LogP contribution in [0.25, 0.3) is 0 Å². The normalized spacial score (nSPS) is 15.9. The molecule has 0 unspecified atom stereocenters. The predicted molar refractivity (Wildman–Crippen MR) is 73.6 cm³/mol. The highest BCUT2D eigenvalue weighted by molar-refractivity contribution is 5.97. The second-order valence-electron chi connectivity index (χ2n) is 5.14. The zero-order valence-electron chi connectivity index (χ0n) is 12.0. The highest BCUT2D eigenvalue weighted by Crippen LogP contribution is 2.26. The monoisotopic (exact) mass is 276 g/mol. The standard InChI is InChI=1S/C15H20N2O3/c1-3-20-15(19)14-16-10(2)9-12(17-14)13(18)11-7-5-4-6-8-11/h9,11H,3-8H2,1-2H3. The van der Waals surface area contributed by atoms with Gasteiger partial charge in [0.25, 0.3) is 0 Å². The molecule has 0 amide bonds. The van der Waals surface area contributed by atoms with E-state index in [4.69, 9.17) is 4.74 Å². The molecule has 1 aliphatic rings. The number of hydrogen-bond donors (Lipinski definition) is 0. The molecule has 1 saturated carbocycles. The summed E-state index contributed by atoms with van der Waals surface area (Å²) in [6.07, 6.45) is 5.20. The molecule has 5 heteroatoms. The average Bonchev–Trinajstić information content (AvgIpc) is 2.47. The molecule has 20 heavy (non-hydrogen) atoms. The van der Waals surface area contributed by atoms with Gasteiger partial charge in [-0.1, -0.05) is 19.3 Å². The number of Topliss-reactive ketones (excluding diaryl/α,β-unsaturated/α-hetero) is 1. The first-order chi connectivity index (χ1) is 9.61. The Hall–Kier alpha value is -1.78. The van der Waals surface area contributed by atoms with Crippen LogP contribution in [-0.2, 0) is 4.74 Å². The van der Waals surface area contributed by atoms with Crippen molar-refractivity contribution >= 4 is 11.8 Å². The van der Waals surface area contributed by atoms with Crippen LogP contribution in [0.1, 0.15) is 65.8 Å². The van der Waals surface area contributed by atoms with Crippen LogP contribution in [0.2, 0.25) is 0 Å². The molecule has 1 aliphatic carbocycles. The lowest BCUT2D eigenvalue weighted by Gasteiger charge is -2.20. The highest BCUT2D eigenvalue weighted by atomic mass is 16.5. The molecule has 0 spiro atoms. The largest absolute Gasteiger partial charge is 0.460 e. The van der Waals surface area contributed by atoms with Gasteiger partial charge in [0.15, 0.2) is 5.78 Å². The van der Waals surface area contributed by atoms with E-state index >= 15 is 0 Å². The number of aryl methyl sites for hydroxylation is 1. The Bertz CT molecular complexity index is 508. The van der Waals surface area contributed by atoms with E-state index in [-0.39, 0.29) is 24.1 Å². The van der Waals surface area contributed by atoms with E-state index in [1.165, 1.54) is 6.42 Å². The van der Waals surface area contributed by atoms with Crippen LogP contribution in [0.15, 0.2) is 6.07 Å². The summed E-state index contributed by atoms with van der Waals surface area (Å²) in [6, 6.07) is 1.65. The van der Waals surface area contributed by atoms with Gasteiger partial charge in [0.2, 0.25) is 5.82 Å². The summed E-state index contributed by atoms with van der Waals surface area (Å²) in [5, 5.41) is 0. The van der Waals surface area contributed by atoms with Crippen molar-refractivity contribution in [2.45, 2.75) is 46.0 Å². The minimum absolute atomic E-state index is 0.0222. The predicted octanol–water partition coefficient (Wildman–Crippen LogP) is 2.72. The smallest absolute Gasteiger partial charge is 0.376 e. The first-order valence-electron chi connectivity index (χ1n) is 7.19. The van der Waals surface area contributed by atoms with Gasteiger partial charge in [-0.25, -0.2) is 14.8 Å². The molecule has 0 N–H and O–H groups in total. The van der Waals surface area contributed by atoms with Crippen molar-refractivity contribution in [2.75, 3.05) is 6.61 Å². The second kappa shape index (κ2) is 6.59. The third kappa shape index (κ3) is 3.40. The SMILES string of the molecule is CCOC(=O)c1nc(C)cc(C(=O)C2CCCCC2)n1. The molecule has 2 rings (SSSR count). The van der Waals surface area contributed by atoms with Crippen LogP contribution >= 0.6 is 0 Å². The lowest BCUT2D eigenvalue weighted by atomic mass is 9.85. The van der Waals surface area contributed by atoms with Gasteiger partial charge in [0.1, 0.15) is 5.69 Å². The van der Waals surface area contributed by atoms with Gasteiger partial charge in [-0.05, 0) is 32.8 Å². The number of carbonyl (C=O) groups excluding carboxylic acids is 2. The Balaban J connectivity index is 2.22. The Morgan fingerprint density at radius 3 is 2.60 bits per heavy atom. The minimum atomic E-state index is -0.575. The molecule has 0 aliphatic heterocycles. The molecule has 0 radical (unpaired) electrons. The fourth-order valence-electron chi connectivity index (χ4n) is 2.56. The summed E-state index contributed by atoms with van der Waals surface area (Å²) in [4.78, 5) is 32.3. The topological polar surface area (TPSA) is 69.2 Å². The average molecular weight is 276 g/mol. The number of aromatic nitrogens is 2. The number of ketones is 1. The molecule has 5 nitrogen and oxygen atoms in total. The van der Waals surface area contributed by atoms with E-state index in [2.05, 4.69) is 9.97 Å². The number of esters is 1. The van der Waals surface area contributed by atoms with Crippen molar-refractivity contribution < 1.29 is 14.3 Å². The molecule has 0 aromatic carbocycles. The van der Waals surface area contributed by atoms with Gasteiger partial charge >= 0.3 is 5.97 Å². The van der Waals surface area contributed by atoms with E-state index in [1.54, 1.807) is 19.9 Å². The van der Waals surface area contributed by atoms with Crippen LogP contribution in [0.3, 0.4) is 0 Å². The minimum Gasteiger partial charge on any atom is -0.460 e. The molecule has 1 fully saturated rings. The summed E-state index contributed by atoms with van der Waals surface area (Å²) in [6.45, 7) is 3.74. The van der Waals surface area contributed by atoms with Gasteiger partial charge in [0, 0.05) is 11.6 Å². The molecular weight excluding hydrogens is 256 g/mol. The van der Waals surface area contributed by atoms with Crippen LogP contribution in [0.4, 0.5) is 0 Å². The van der Waals surface area contributed by atoms with Crippen molar-refractivity contribution in [2.24, 2.45) is 5.92 Å². The first kappa shape index (κ1) is 14.6. The second-order valence-corrected chi connectivity index (χ2v) is 5.14. The van der Waals surface area contributed by atoms with Crippen molar-refractivity contribution in [3.8, 4) is 0 Å². The fourth-order valence-corrected chi connectivity index (χ4v) is 2.56. The van der Waals surface area contributed by atoms with Crippen molar-refractivity contribution in [3.05, 3.63) is 23.3 Å². The Morgan fingerprint density at radius 1 is 1.25 bits per heavy atom. The van der Waals surface area contributed by atoms with Crippen molar-refractivity contribution in [3.63, 3.8) is 0 Å². The maximum atomic E-state index is 12.4. The summed E-state index contributed by atoms with van der Waals surface area (Å²) >= 11 is 0. The molecule has 1 heterocycles. The summed E-state index contributed by atoms with van der Waals surface area (Å²) in [5.74, 6) is -0.534. The summed E-state index contributed by atoms with van der Waals surface area (Å²) in [7, 11) is 0. The van der Waals surface area contributed by atoms with Gasteiger partial charge in [-0.15, -0.1) is 0 Å². The lowest BCUT2D eigenvalue weighted by molar-refractivity contribution is 0.0511.